The van der Waals surface area contributed by atoms with E-state index in [1.807, 2.05) is 0 Å². The van der Waals surface area contributed by atoms with Crippen LogP contribution >= 0.6 is 0 Å². The van der Waals surface area contributed by atoms with Crippen molar-refractivity contribution in [2.45, 2.75) is 31.7 Å². The molecule has 1 aromatic rings. The van der Waals surface area contributed by atoms with Crippen molar-refractivity contribution in [1.29, 1.82) is 0 Å². The van der Waals surface area contributed by atoms with Crippen LogP contribution in [0.15, 0.2) is 23.2 Å². The zero-order valence-corrected chi connectivity index (χ0v) is 12.9. The molecule has 0 aliphatic carbocycles. The second kappa shape index (κ2) is 6.86. The molecule has 0 amide bonds. The zero-order valence-electron chi connectivity index (χ0n) is 12.0. The molecular formula is C13H23N3O2S. The second-order valence-electron chi connectivity index (χ2n) is 4.57. The highest BCUT2D eigenvalue weighted by Gasteiger charge is 2.15. The summed E-state index contributed by atoms with van der Waals surface area (Å²) in [5, 5.41) is 3.14. The summed E-state index contributed by atoms with van der Waals surface area (Å²) in [7, 11) is -3.25. The Kier molecular flexibility index (Phi) is 5.75. The van der Waals surface area contributed by atoms with Crippen LogP contribution in [-0.2, 0) is 9.84 Å². The number of hydrogen-bond donors (Lipinski definition) is 1. The third-order valence-electron chi connectivity index (χ3n) is 3.17. The average Bonchev–Trinajstić information content (AvgIpc) is 2.37. The van der Waals surface area contributed by atoms with Crippen LogP contribution in [0.3, 0.4) is 0 Å². The molecule has 5 nitrogen and oxygen atoms in total. The third-order valence-corrected chi connectivity index (χ3v) is 4.30. The quantitative estimate of drug-likeness (QED) is 0.825. The van der Waals surface area contributed by atoms with Gasteiger partial charge in [-0.1, -0.05) is 13.8 Å². The minimum absolute atomic E-state index is 0.252. The minimum Gasteiger partial charge on any atom is -0.367 e. The Morgan fingerprint density at radius 3 is 2.53 bits per heavy atom. The minimum atomic E-state index is -3.25. The maximum Gasteiger partial charge on any atom is 0.179 e. The van der Waals surface area contributed by atoms with Crippen molar-refractivity contribution in [3.63, 3.8) is 0 Å². The molecule has 0 saturated carbocycles. The zero-order chi connectivity index (χ0) is 14.5. The topological polar surface area (TPSA) is 62.3 Å². The highest BCUT2D eigenvalue weighted by Crippen LogP contribution is 2.17. The Morgan fingerprint density at radius 2 is 2.00 bits per heavy atom. The first kappa shape index (κ1) is 15.9. The van der Waals surface area contributed by atoms with Crippen molar-refractivity contribution in [3.05, 3.63) is 18.3 Å². The standard InChI is InChI=1S/C13H23N3O2S/c1-5-16(6-2)11(3)10-15-13-12(19(4,17)18)8-7-9-14-13/h7-9,11H,5-6,10H2,1-4H3,(H,14,15). The van der Waals surface area contributed by atoms with Crippen molar-refractivity contribution in [2.24, 2.45) is 0 Å². The first-order chi connectivity index (χ1) is 8.90. The molecule has 0 bridgehead atoms. The van der Waals surface area contributed by atoms with Crippen molar-refractivity contribution in [3.8, 4) is 0 Å². The lowest BCUT2D eigenvalue weighted by Gasteiger charge is -2.26. The summed E-state index contributed by atoms with van der Waals surface area (Å²) in [5.74, 6) is 0.434. The van der Waals surface area contributed by atoms with E-state index in [2.05, 4.69) is 36.0 Å². The average molecular weight is 285 g/mol. The number of likely N-dealkylation sites (N-methyl/N-ethyl adjacent to an activating group) is 1. The molecule has 1 unspecified atom stereocenters. The van der Waals surface area contributed by atoms with Gasteiger partial charge in [-0.05, 0) is 32.1 Å². The molecule has 0 aliphatic rings. The predicted molar refractivity (Wildman–Crippen MR) is 78.2 cm³/mol. The van der Waals surface area contributed by atoms with Crippen LogP contribution in [0.4, 0.5) is 5.82 Å². The van der Waals surface area contributed by atoms with Crippen LogP contribution in [-0.4, -0.2) is 50.2 Å². The van der Waals surface area contributed by atoms with Gasteiger partial charge in [-0.2, -0.15) is 0 Å². The van der Waals surface area contributed by atoms with Crippen molar-refractivity contribution >= 4 is 15.7 Å². The molecule has 1 aromatic heterocycles. The molecule has 108 valence electrons. The SMILES string of the molecule is CCN(CC)C(C)CNc1ncccc1S(C)(=O)=O. The highest BCUT2D eigenvalue weighted by molar-refractivity contribution is 7.90. The van der Waals surface area contributed by atoms with Crippen LogP contribution in [0.2, 0.25) is 0 Å². The predicted octanol–water partition coefficient (Wildman–Crippen LogP) is 1.63. The molecule has 1 heterocycles. The maximum absolute atomic E-state index is 11.7. The van der Waals surface area contributed by atoms with Gasteiger partial charge in [-0.3, -0.25) is 4.90 Å². The summed E-state index contributed by atoms with van der Waals surface area (Å²) in [6, 6.07) is 3.53. The monoisotopic (exact) mass is 285 g/mol. The van der Waals surface area contributed by atoms with Gasteiger partial charge in [0.25, 0.3) is 0 Å². The molecule has 0 radical (unpaired) electrons. The summed E-state index contributed by atoms with van der Waals surface area (Å²) >= 11 is 0. The van der Waals surface area contributed by atoms with Gasteiger partial charge >= 0.3 is 0 Å². The van der Waals surface area contributed by atoms with E-state index in [1.54, 1.807) is 18.3 Å². The van der Waals surface area contributed by atoms with E-state index in [1.165, 1.54) is 6.26 Å². The van der Waals surface area contributed by atoms with E-state index in [-0.39, 0.29) is 4.90 Å². The van der Waals surface area contributed by atoms with E-state index >= 15 is 0 Å². The summed E-state index contributed by atoms with van der Waals surface area (Å²) in [5.41, 5.74) is 0. The molecule has 1 N–H and O–H groups in total. The highest BCUT2D eigenvalue weighted by atomic mass is 32.2. The van der Waals surface area contributed by atoms with Crippen molar-refractivity contribution < 1.29 is 8.42 Å². The molecule has 0 spiro atoms. The largest absolute Gasteiger partial charge is 0.367 e. The van der Waals surface area contributed by atoms with Crippen LogP contribution < -0.4 is 5.32 Å². The molecule has 19 heavy (non-hydrogen) atoms. The van der Waals surface area contributed by atoms with E-state index in [9.17, 15) is 8.42 Å². The summed E-state index contributed by atoms with van der Waals surface area (Å²) in [4.78, 5) is 6.67. The number of nitrogens with one attached hydrogen (secondary N) is 1. The normalized spacial score (nSPS) is 13.5. The first-order valence-electron chi connectivity index (χ1n) is 6.53. The van der Waals surface area contributed by atoms with Crippen molar-refractivity contribution in [1.82, 2.24) is 9.88 Å². The van der Waals surface area contributed by atoms with Crippen LogP contribution in [0.25, 0.3) is 0 Å². The number of pyridine rings is 1. The van der Waals surface area contributed by atoms with E-state index in [4.69, 9.17) is 0 Å². The molecule has 0 aromatic carbocycles. The number of aromatic nitrogens is 1. The van der Waals surface area contributed by atoms with Gasteiger partial charge < -0.3 is 5.32 Å². The number of nitrogens with zero attached hydrogens (tertiary/aromatic N) is 2. The Labute approximate surface area is 116 Å². The van der Waals surface area contributed by atoms with E-state index in [0.29, 0.717) is 18.4 Å². The number of anilines is 1. The van der Waals surface area contributed by atoms with Gasteiger partial charge in [0.15, 0.2) is 9.84 Å². The smallest absolute Gasteiger partial charge is 0.179 e. The molecule has 1 rings (SSSR count). The number of rotatable bonds is 7. The Bertz CT molecular complexity index is 498. The lowest BCUT2D eigenvalue weighted by atomic mass is 10.2. The van der Waals surface area contributed by atoms with Gasteiger partial charge in [-0.25, -0.2) is 13.4 Å². The van der Waals surface area contributed by atoms with Gasteiger partial charge in [0.05, 0.1) is 0 Å². The van der Waals surface area contributed by atoms with E-state index in [0.717, 1.165) is 13.1 Å². The number of hydrogen-bond acceptors (Lipinski definition) is 5. The molecule has 0 aliphatic heterocycles. The van der Waals surface area contributed by atoms with Crippen LogP contribution in [0.1, 0.15) is 20.8 Å². The van der Waals surface area contributed by atoms with Crippen LogP contribution in [0.5, 0.6) is 0 Å². The number of sulfone groups is 1. The summed E-state index contributed by atoms with van der Waals surface area (Å²) in [6.45, 7) is 8.96. The first-order valence-corrected chi connectivity index (χ1v) is 8.42. The molecule has 0 saturated heterocycles. The lowest BCUT2D eigenvalue weighted by molar-refractivity contribution is 0.240. The van der Waals surface area contributed by atoms with Gasteiger partial charge in [0, 0.05) is 25.0 Å². The van der Waals surface area contributed by atoms with Crippen molar-refractivity contribution in [2.75, 3.05) is 31.2 Å². The van der Waals surface area contributed by atoms with Crippen LogP contribution in [0, 0.1) is 0 Å². The van der Waals surface area contributed by atoms with Gasteiger partial charge in [-0.15, -0.1) is 0 Å². The Hall–Kier alpha value is -1.14. The summed E-state index contributed by atoms with van der Waals surface area (Å²) < 4.78 is 23.3. The molecule has 0 fully saturated rings. The lowest BCUT2D eigenvalue weighted by Crippen LogP contribution is -2.37. The fourth-order valence-corrected chi connectivity index (χ4v) is 2.84. The third kappa shape index (κ3) is 4.47. The second-order valence-corrected chi connectivity index (χ2v) is 6.56. The van der Waals surface area contributed by atoms with Gasteiger partial charge in [0.2, 0.25) is 0 Å². The van der Waals surface area contributed by atoms with E-state index < -0.39 is 9.84 Å². The molecule has 1 atom stereocenters. The fraction of sp³-hybridized carbons (Fsp3) is 0.615. The fourth-order valence-electron chi connectivity index (χ4n) is 2.04. The van der Waals surface area contributed by atoms with Gasteiger partial charge in [0.1, 0.15) is 10.7 Å². The maximum atomic E-state index is 11.7. The summed E-state index contributed by atoms with van der Waals surface area (Å²) in [6.07, 6.45) is 2.79. The molecule has 6 heteroatoms. The Balaban J connectivity index is 2.79. The molecular weight excluding hydrogens is 262 g/mol. The Morgan fingerprint density at radius 1 is 1.37 bits per heavy atom.